The van der Waals surface area contributed by atoms with E-state index in [0.717, 1.165) is 5.56 Å². The third-order valence-electron chi connectivity index (χ3n) is 5.02. The SMILES string of the molecule is CCOc1ccccc1NC(=O)[C@H](Cc1ccccc1)NS(=O)(=O)c1ccc(OC)c(C)c1. The van der Waals surface area contributed by atoms with E-state index >= 15 is 0 Å². The molecule has 0 spiro atoms. The van der Waals surface area contributed by atoms with E-state index in [0.29, 0.717) is 29.4 Å². The number of benzene rings is 3. The molecule has 0 heterocycles. The van der Waals surface area contributed by atoms with Crippen molar-refractivity contribution in [2.75, 3.05) is 19.0 Å². The van der Waals surface area contributed by atoms with Gasteiger partial charge in [-0.1, -0.05) is 42.5 Å². The average Bonchev–Trinajstić information content (AvgIpc) is 2.80. The molecule has 0 saturated heterocycles. The number of para-hydroxylation sites is 2. The Morgan fingerprint density at radius 3 is 2.33 bits per heavy atom. The van der Waals surface area contributed by atoms with Gasteiger partial charge in [0, 0.05) is 0 Å². The fraction of sp³-hybridized carbons (Fsp3) is 0.240. The number of nitrogens with one attached hydrogen (secondary N) is 2. The highest BCUT2D eigenvalue weighted by molar-refractivity contribution is 7.89. The van der Waals surface area contributed by atoms with Crippen molar-refractivity contribution in [1.29, 1.82) is 0 Å². The van der Waals surface area contributed by atoms with Gasteiger partial charge in [-0.2, -0.15) is 4.72 Å². The summed E-state index contributed by atoms with van der Waals surface area (Å²) in [4.78, 5) is 13.3. The number of amides is 1. The van der Waals surface area contributed by atoms with Crippen LogP contribution in [0.2, 0.25) is 0 Å². The molecule has 0 unspecified atom stereocenters. The molecule has 33 heavy (non-hydrogen) atoms. The van der Waals surface area contributed by atoms with E-state index in [2.05, 4.69) is 10.0 Å². The molecule has 8 heteroatoms. The summed E-state index contributed by atoms with van der Waals surface area (Å²) in [5.41, 5.74) is 1.97. The molecule has 0 aliphatic carbocycles. The lowest BCUT2D eigenvalue weighted by atomic mass is 10.1. The van der Waals surface area contributed by atoms with Crippen molar-refractivity contribution < 1.29 is 22.7 Å². The number of hydrogen-bond acceptors (Lipinski definition) is 5. The van der Waals surface area contributed by atoms with Gasteiger partial charge in [-0.15, -0.1) is 0 Å². The second kappa shape index (κ2) is 11.0. The highest BCUT2D eigenvalue weighted by Crippen LogP contribution is 2.25. The predicted molar refractivity (Wildman–Crippen MR) is 128 cm³/mol. The summed E-state index contributed by atoms with van der Waals surface area (Å²) in [6.07, 6.45) is 0.178. The highest BCUT2D eigenvalue weighted by atomic mass is 32.2. The summed E-state index contributed by atoms with van der Waals surface area (Å²) in [5, 5.41) is 2.81. The average molecular weight is 469 g/mol. The van der Waals surface area contributed by atoms with Gasteiger partial charge >= 0.3 is 0 Å². The van der Waals surface area contributed by atoms with Crippen molar-refractivity contribution in [2.45, 2.75) is 31.2 Å². The standard InChI is InChI=1S/C25H28N2O5S/c1-4-32-24-13-9-8-12-21(24)26-25(28)22(17-19-10-6-5-7-11-19)27-33(29,30)20-14-15-23(31-3)18(2)16-20/h5-16,22,27H,4,17H2,1-3H3,(H,26,28)/t22-/m0/s1. The Morgan fingerprint density at radius 2 is 1.67 bits per heavy atom. The van der Waals surface area contributed by atoms with E-state index in [1.807, 2.05) is 37.3 Å². The molecule has 0 aromatic heterocycles. The Kier molecular flexibility index (Phi) is 8.08. The molecule has 1 amide bonds. The largest absolute Gasteiger partial charge is 0.496 e. The van der Waals surface area contributed by atoms with Crippen LogP contribution in [0.3, 0.4) is 0 Å². The van der Waals surface area contributed by atoms with Gasteiger partial charge in [0.15, 0.2) is 0 Å². The maximum Gasteiger partial charge on any atom is 0.243 e. The van der Waals surface area contributed by atoms with Crippen molar-refractivity contribution >= 4 is 21.6 Å². The molecule has 0 aliphatic rings. The zero-order valence-electron chi connectivity index (χ0n) is 18.9. The molecule has 0 radical (unpaired) electrons. The number of rotatable bonds is 10. The van der Waals surface area contributed by atoms with Crippen LogP contribution in [0.25, 0.3) is 0 Å². The minimum Gasteiger partial charge on any atom is -0.496 e. The lowest BCUT2D eigenvalue weighted by Crippen LogP contribution is -2.45. The van der Waals surface area contributed by atoms with Crippen LogP contribution in [0.1, 0.15) is 18.1 Å². The van der Waals surface area contributed by atoms with E-state index in [4.69, 9.17) is 9.47 Å². The Bertz CT molecular complexity index is 1200. The summed E-state index contributed by atoms with van der Waals surface area (Å²) in [7, 11) is -2.46. The third-order valence-corrected chi connectivity index (χ3v) is 6.49. The van der Waals surface area contributed by atoms with E-state index in [1.165, 1.54) is 19.2 Å². The van der Waals surface area contributed by atoms with Crippen molar-refractivity contribution in [3.8, 4) is 11.5 Å². The number of methoxy groups -OCH3 is 1. The zero-order chi connectivity index (χ0) is 23.8. The van der Waals surface area contributed by atoms with Gasteiger partial charge in [-0.05, 0) is 61.7 Å². The van der Waals surface area contributed by atoms with Crippen LogP contribution in [0.4, 0.5) is 5.69 Å². The zero-order valence-corrected chi connectivity index (χ0v) is 19.7. The topological polar surface area (TPSA) is 93.7 Å². The molecular formula is C25H28N2O5S. The fourth-order valence-electron chi connectivity index (χ4n) is 3.38. The minimum absolute atomic E-state index is 0.0568. The van der Waals surface area contributed by atoms with Crippen molar-refractivity contribution in [3.63, 3.8) is 0 Å². The fourth-order valence-corrected chi connectivity index (χ4v) is 4.66. The summed E-state index contributed by atoms with van der Waals surface area (Å²) in [6, 6.07) is 19.8. The molecule has 1 atom stereocenters. The van der Waals surface area contributed by atoms with Gasteiger partial charge in [0.05, 0.1) is 24.3 Å². The molecule has 3 rings (SSSR count). The molecular weight excluding hydrogens is 440 g/mol. The number of hydrogen-bond donors (Lipinski definition) is 2. The van der Waals surface area contributed by atoms with Crippen LogP contribution >= 0.6 is 0 Å². The third kappa shape index (κ3) is 6.34. The van der Waals surface area contributed by atoms with Crippen LogP contribution in [0.15, 0.2) is 77.7 Å². The van der Waals surface area contributed by atoms with Gasteiger partial charge in [-0.3, -0.25) is 4.79 Å². The molecule has 0 bridgehead atoms. The van der Waals surface area contributed by atoms with Crippen molar-refractivity contribution in [1.82, 2.24) is 4.72 Å². The molecule has 3 aromatic carbocycles. The second-order valence-corrected chi connectivity index (χ2v) is 9.13. The highest BCUT2D eigenvalue weighted by Gasteiger charge is 2.27. The molecule has 3 aromatic rings. The van der Waals surface area contributed by atoms with E-state index in [1.54, 1.807) is 37.3 Å². The van der Waals surface area contributed by atoms with E-state index in [9.17, 15) is 13.2 Å². The lowest BCUT2D eigenvalue weighted by Gasteiger charge is -2.20. The van der Waals surface area contributed by atoms with Crippen molar-refractivity contribution in [3.05, 3.63) is 83.9 Å². The molecule has 0 fully saturated rings. The van der Waals surface area contributed by atoms with Crippen LogP contribution in [0, 0.1) is 6.92 Å². The van der Waals surface area contributed by atoms with Gasteiger partial charge in [0.2, 0.25) is 15.9 Å². The van der Waals surface area contributed by atoms with Crippen LogP contribution in [0.5, 0.6) is 11.5 Å². The first kappa shape index (κ1) is 24.3. The van der Waals surface area contributed by atoms with Gasteiger partial charge in [0.1, 0.15) is 17.5 Å². The number of sulfonamides is 1. The van der Waals surface area contributed by atoms with Gasteiger partial charge in [-0.25, -0.2) is 8.42 Å². The summed E-state index contributed by atoms with van der Waals surface area (Å²) < 4.78 is 39.7. The van der Waals surface area contributed by atoms with Crippen LogP contribution < -0.4 is 19.5 Å². The second-order valence-electron chi connectivity index (χ2n) is 7.41. The summed E-state index contributed by atoms with van der Waals surface area (Å²) >= 11 is 0. The van der Waals surface area contributed by atoms with Gasteiger partial charge < -0.3 is 14.8 Å². The first-order valence-corrected chi connectivity index (χ1v) is 12.1. The molecule has 2 N–H and O–H groups in total. The Morgan fingerprint density at radius 1 is 0.970 bits per heavy atom. The summed E-state index contributed by atoms with van der Waals surface area (Å²) in [5.74, 6) is 0.611. The summed E-state index contributed by atoms with van der Waals surface area (Å²) in [6.45, 7) is 4.04. The number of anilines is 1. The molecule has 0 saturated carbocycles. The maximum absolute atomic E-state index is 13.2. The smallest absolute Gasteiger partial charge is 0.243 e. The molecule has 174 valence electrons. The van der Waals surface area contributed by atoms with E-state index in [-0.39, 0.29) is 11.3 Å². The maximum atomic E-state index is 13.2. The van der Waals surface area contributed by atoms with E-state index < -0.39 is 22.0 Å². The Hall–Kier alpha value is -3.36. The Balaban J connectivity index is 1.89. The molecule has 7 nitrogen and oxygen atoms in total. The predicted octanol–water partition coefficient (Wildman–Crippen LogP) is 3.93. The molecule has 0 aliphatic heterocycles. The first-order valence-electron chi connectivity index (χ1n) is 10.6. The number of carbonyl (C=O) groups is 1. The number of ether oxygens (including phenoxy) is 2. The van der Waals surface area contributed by atoms with Gasteiger partial charge in [0.25, 0.3) is 0 Å². The normalized spacial score (nSPS) is 12.1. The number of aryl methyl sites for hydroxylation is 1. The monoisotopic (exact) mass is 468 g/mol. The first-order chi connectivity index (χ1) is 15.8. The Labute approximate surface area is 194 Å². The van der Waals surface area contributed by atoms with Crippen LogP contribution in [-0.4, -0.2) is 34.1 Å². The number of carbonyl (C=O) groups excluding carboxylic acids is 1. The van der Waals surface area contributed by atoms with Crippen molar-refractivity contribution in [2.24, 2.45) is 0 Å². The quantitative estimate of drug-likeness (QED) is 0.470. The minimum atomic E-state index is -3.98. The lowest BCUT2D eigenvalue weighted by molar-refractivity contribution is -0.117. The van der Waals surface area contributed by atoms with Crippen LogP contribution in [-0.2, 0) is 21.2 Å².